The maximum absolute atomic E-state index is 12.0. The SMILES string of the molecule is CC(C)CC(=O)Nc1cccc(NCc2cc(Cl)ccc2OCc2ccc(Cl)cc2)c1. The van der Waals surface area contributed by atoms with Crippen LogP contribution in [0, 0.1) is 5.92 Å². The Labute approximate surface area is 193 Å². The minimum atomic E-state index is 0.0138. The summed E-state index contributed by atoms with van der Waals surface area (Å²) in [5.41, 5.74) is 3.63. The molecule has 0 saturated heterocycles. The van der Waals surface area contributed by atoms with E-state index in [0.29, 0.717) is 35.5 Å². The van der Waals surface area contributed by atoms with E-state index in [1.54, 1.807) is 0 Å². The van der Waals surface area contributed by atoms with E-state index in [2.05, 4.69) is 10.6 Å². The Morgan fingerprint density at radius 3 is 2.39 bits per heavy atom. The molecule has 162 valence electrons. The first-order valence-electron chi connectivity index (χ1n) is 10.2. The van der Waals surface area contributed by atoms with Crippen molar-refractivity contribution in [2.75, 3.05) is 10.6 Å². The Kier molecular flexibility index (Phi) is 8.21. The van der Waals surface area contributed by atoms with Crippen LogP contribution in [0.3, 0.4) is 0 Å². The maximum Gasteiger partial charge on any atom is 0.224 e. The van der Waals surface area contributed by atoms with Crippen molar-refractivity contribution in [2.24, 2.45) is 5.92 Å². The van der Waals surface area contributed by atoms with Gasteiger partial charge in [0.1, 0.15) is 12.4 Å². The molecule has 0 aliphatic carbocycles. The van der Waals surface area contributed by atoms with E-state index in [9.17, 15) is 4.79 Å². The van der Waals surface area contributed by atoms with Crippen molar-refractivity contribution in [2.45, 2.75) is 33.4 Å². The first-order chi connectivity index (χ1) is 14.9. The highest BCUT2D eigenvalue weighted by molar-refractivity contribution is 6.30. The third-order valence-electron chi connectivity index (χ3n) is 4.55. The molecular formula is C25H26Cl2N2O2. The van der Waals surface area contributed by atoms with Gasteiger partial charge in [0.2, 0.25) is 5.91 Å². The van der Waals surface area contributed by atoms with Gasteiger partial charge in [0.15, 0.2) is 0 Å². The fraction of sp³-hybridized carbons (Fsp3) is 0.240. The molecular weight excluding hydrogens is 431 g/mol. The Hall–Kier alpha value is -2.69. The highest BCUT2D eigenvalue weighted by Crippen LogP contribution is 2.26. The first-order valence-corrected chi connectivity index (χ1v) is 10.9. The molecule has 0 bridgehead atoms. The molecule has 3 aromatic carbocycles. The third-order valence-corrected chi connectivity index (χ3v) is 5.04. The van der Waals surface area contributed by atoms with E-state index in [0.717, 1.165) is 28.3 Å². The number of benzene rings is 3. The molecule has 0 spiro atoms. The number of hydrogen-bond acceptors (Lipinski definition) is 3. The maximum atomic E-state index is 12.0. The normalized spacial score (nSPS) is 10.7. The topological polar surface area (TPSA) is 50.4 Å². The molecule has 0 saturated carbocycles. The van der Waals surface area contributed by atoms with E-state index in [-0.39, 0.29) is 5.91 Å². The zero-order valence-electron chi connectivity index (χ0n) is 17.6. The number of halogens is 2. The molecule has 2 N–H and O–H groups in total. The van der Waals surface area contributed by atoms with Crippen molar-refractivity contribution < 1.29 is 9.53 Å². The van der Waals surface area contributed by atoms with Crippen LogP contribution in [0.2, 0.25) is 10.0 Å². The second-order valence-electron chi connectivity index (χ2n) is 7.75. The molecule has 4 nitrogen and oxygen atoms in total. The van der Waals surface area contributed by atoms with Crippen LogP contribution in [-0.2, 0) is 17.9 Å². The minimum Gasteiger partial charge on any atom is -0.489 e. The van der Waals surface area contributed by atoms with Gasteiger partial charge in [-0.1, -0.05) is 55.2 Å². The minimum absolute atomic E-state index is 0.0138. The summed E-state index contributed by atoms with van der Waals surface area (Å²) < 4.78 is 6.02. The molecule has 0 unspecified atom stereocenters. The lowest BCUT2D eigenvalue weighted by molar-refractivity contribution is -0.116. The zero-order valence-corrected chi connectivity index (χ0v) is 19.1. The van der Waals surface area contributed by atoms with Crippen LogP contribution in [-0.4, -0.2) is 5.91 Å². The van der Waals surface area contributed by atoms with Crippen molar-refractivity contribution in [3.8, 4) is 5.75 Å². The molecule has 6 heteroatoms. The Balaban J connectivity index is 1.64. The predicted molar refractivity (Wildman–Crippen MR) is 129 cm³/mol. The average Bonchev–Trinajstić information content (AvgIpc) is 2.72. The van der Waals surface area contributed by atoms with Crippen molar-refractivity contribution >= 4 is 40.5 Å². The number of carbonyl (C=O) groups excluding carboxylic acids is 1. The van der Waals surface area contributed by atoms with Gasteiger partial charge >= 0.3 is 0 Å². The Morgan fingerprint density at radius 2 is 1.65 bits per heavy atom. The van der Waals surface area contributed by atoms with Gasteiger partial charge in [-0.25, -0.2) is 0 Å². The fourth-order valence-corrected chi connectivity index (χ4v) is 3.38. The van der Waals surface area contributed by atoms with Crippen LogP contribution in [0.15, 0.2) is 66.7 Å². The summed E-state index contributed by atoms with van der Waals surface area (Å²) in [6.07, 6.45) is 0.495. The standard InChI is InChI=1S/C25H26Cl2N2O2/c1-17(2)12-25(30)29-23-5-3-4-22(14-23)28-15-19-13-21(27)10-11-24(19)31-16-18-6-8-20(26)9-7-18/h3-11,13-14,17,28H,12,15-16H2,1-2H3,(H,29,30). The number of ether oxygens (including phenoxy) is 1. The fourth-order valence-electron chi connectivity index (χ4n) is 3.06. The lowest BCUT2D eigenvalue weighted by Gasteiger charge is -2.14. The number of nitrogens with one attached hydrogen (secondary N) is 2. The van der Waals surface area contributed by atoms with Crippen LogP contribution in [0.1, 0.15) is 31.4 Å². The van der Waals surface area contributed by atoms with Gasteiger partial charge < -0.3 is 15.4 Å². The van der Waals surface area contributed by atoms with Crippen molar-refractivity contribution in [1.82, 2.24) is 0 Å². The van der Waals surface area contributed by atoms with Crippen LogP contribution in [0.4, 0.5) is 11.4 Å². The van der Waals surface area contributed by atoms with E-state index in [4.69, 9.17) is 27.9 Å². The molecule has 1 amide bonds. The van der Waals surface area contributed by atoms with E-state index in [1.165, 1.54) is 0 Å². The molecule has 0 aromatic heterocycles. The number of carbonyl (C=O) groups is 1. The largest absolute Gasteiger partial charge is 0.489 e. The molecule has 0 atom stereocenters. The Bertz CT molecular complexity index is 1020. The molecule has 31 heavy (non-hydrogen) atoms. The summed E-state index contributed by atoms with van der Waals surface area (Å²) in [4.78, 5) is 12.0. The van der Waals surface area contributed by atoms with E-state index in [1.807, 2.05) is 80.6 Å². The van der Waals surface area contributed by atoms with Crippen LogP contribution >= 0.6 is 23.2 Å². The lowest BCUT2D eigenvalue weighted by atomic mass is 10.1. The predicted octanol–water partition coefficient (Wildman–Crippen LogP) is 7.17. The first kappa shape index (κ1) is 23.0. The van der Waals surface area contributed by atoms with Crippen molar-refractivity contribution in [1.29, 1.82) is 0 Å². The van der Waals surface area contributed by atoms with Gasteiger partial charge in [0, 0.05) is 39.9 Å². The second kappa shape index (κ2) is 11.1. The number of anilines is 2. The smallest absolute Gasteiger partial charge is 0.224 e. The molecule has 0 heterocycles. The summed E-state index contributed by atoms with van der Waals surface area (Å²) in [7, 11) is 0. The second-order valence-corrected chi connectivity index (χ2v) is 8.62. The molecule has 0 aliphatic heterocycles. The Morgan fingerprint density at radius 1 is 0.935 bits per heavy atom. The summed E-state index contributed by atoms with van der Waals surface area (Å²) in [6, 6.07) is 20.8. The van der Waals surface area contributed by atoms with Gasteiger partial charge in [-0.2, -0.15) is 0 Å². The van der Waals surface area contributed by atoms with Gasteiger partial charge in [-0.15, -0.1) is 0 Å². The van der Waals surface area contributed by atoms with Gasteiger partial charge in [0.05, 0.1) is 0 Å². The van der Waals surface area contributed by atoms with Crippen molar-refractivity contribution in [3.05, 3.63) is 87.9 Å². The van der Waals surface area contributed by atoms with Crippen LogP contribution < -0.4 is 15.4 Å². The molecule has 0 radical (unpaired) electrons. The molecule has 0 aliphatic rings. The number of rotatable bonds is 9. The monoisotopic (exact) mass is 456 g/mol. The molecule has 3 rings (SSSR count). The van der Waals surface area contributed by atoms with Gasteiger partial charge in [-0.05, 0) is 60.0 Å². The summed E-state index contributed by atoms with van der Waals surface area (Å²) >= 11 is 12.2. The summed E-state index contributed by atoms with van der Waals surface area (Å²) in [6.45, 7) is 5.01. The highest BCUT2D eigenvalue weighted by atomic mass is 35.5. The lowest BCUT2D eigenvalue weighted by Crippen LogP contribution is -2.14. The van der Waals surface area contributed by atoms with Crippen molar-refractivity contribution in [3.63, 3.8) is 0 Å². The van der Waals surface area contributed by atoms with Gasteiger partial charge in [0.25, 0.3) is 0 Å². The molecule has 0 fully saturated rings. The summed E-state index contributed by atoms with van der Waals surface area (Å²) in [5.74, 6) is 1.09. The highest BCUT2D eigenvalue weighted by Gasteiger charge is 2.08. The van der Waals surface area contributed by atoms with E-state index < -0.39 is 0 Å². The van der Waals surface area contributed by atoms with Crippen LogP contribution in [0.5, 0.6) is 5.75 Å². The van der Waals surface area contributed by atoms with Crippen LogP contribution in [0.25, 0.3) is 0 Å². The quantitative estimate of drug-likeness (QED) is 0.358. The van der Waals surface area contributed by atoms with Gasteiger partial charge in [-0.3, -0.25) is 4.79 Å². The summed E-state index contributed by atoms with van der Waals surface area (Å²) in [5, 5.41) is 7.66. The van der Waals surface area contributed by atoms with E-state index >= 15 is 0 Å². The number of hydrogen-bond donors (Lipinski definition) is 2. The zero-order chi connectivity index (χ0) is 22.2. The third kappa shape index (κ3) is 7.50. The number of amides is 1. The average molecular weight is 457 g/mol. The molecule has 3 aromatic rings.